The van der Waals surface area contributed by atoms with E-state index in [1.807, 2.05) is 6.07 Å². The van der Waals surface area contributed by atoms with Crippen LogP contribution in [0.15, 0.2) is 34.7 Å². The highest BCUT2D eigenvalue weighted by Crippen LogP contribution is 2.30. The van der Waals surface area contributed by atoms with Crippen molar-refractivity contribution < 1.29 is 23.9 Å². The van der Waals surface area contributed by atoms with Gasteiger partial charge in [0, 0.05) is 24.9 Å². The van der Waals surface area contributed by atoms with Crippen LogP contribution in [0.3, 0.4) is 0 Å². The molecule has 2 N–H and O–H groups in total. The van der Waals surface area contributed by atoms with Crippen molar-refractivity contribution >= 4 is 17.7 Å². The quantitative estimate of drug-likeness (QED) is 0.815. The lowest BCUT2D eigenvalue weighted by Gasteiger charge is -2.28. The molecule has 1 atom stereocenters. The summed E-state index contributed by atoms with van der Waals surface area (Å²) in [5.74, 6) is -0.850. The monoisotopic (exact) mass is 369 g/mol. The van der Waals surface area contributed by atoms with Crippen molar-refractivity contribution in [3.63, 3.8) is 0 Å². The first kappa shape index (κ1) is 18.9. The van der Waals surface area contributed by atoms with Gasteiger partial charge < -0.3 is 14.8 Å². The molecule has 1 aliphatic carbocycles. The number of hydrogen-bond donors (Lipinski definition) is 2. The van der Waals surface area contributed by atoms with Crippen molar-refractivity contribution in [3.8, 4) is 0 Å². The van der Waals surface area contributed by atoms with E-state index in [1.54, 1.807) is 38.1 Å². The Morgan fingerprint density at radius 3 is 2.52 bits per heavy atom. The molecule has 3 rings (SSSR count). The number of rotatable bonds is 6. The molecule has 0 radical (unpaired) electrons. The molecule has 1 heterocycles. The molecule has 6 nitrogen and oxygen atoms in total. The number of aliphatic carboxylic acids is 1. The standard InChI is InChI=1S/C21H23NO5/c1-3-21(20(25)26,14-8-5-4-6-9-14)12-22-19(24)18-13(2)17-15(23)10-7-11-16(17)27-18/h4-6,8-9H,3,7,10-12H2,1-2H3,(H,22,24)(H,25,26). The van der Waals surface area contributed by atoms with E-state index >= 15 is 0 Å². The zero-order chi connectivity index (χ0) is 19.6. The predicted octanol–water partition coefficient (Wildman–Crippen LogP) is 3.27. The molecule has 1 amide bonds. The Balaban J connectivity index is 1.86. The molecule has 1 aromatic carbocycles. The summed E-state index contributed by atoms with van der Waals surface area (Å²) in [6.45, 7) is 3.41. The number of carbonyl (C=O) groups is 3. The normalized spacial score (nSPS) is 15.7. The first-order chi connectivity index (χ1) is 12.9. The van der Waals surface area contributed by atoms with Crippen LogP contribution in [0.4, 0.5) is 0 Å². The first-order valence-electron chi connectivity index (χ1n) is 9.13. The second-order valence-electron chi connectivity index (χ2n) is 6.92. The van der Waals surface area contributed by atoms with Gasteiger partial charge >= 0.3 is 5.97 Å². The second kappa shape index (κ2) is 7.39. The summed E-state index contributed by atoms with van der Waals surface area (Å²) in [6.07, 6.45) is 2.12. The van der Waals surface area contributed by atoms with Crippen LogP contribution in [-0.2, 0) is 16.6 Å². The summed E-state index contributed by atoms with van der Waals surface area (Å²) in [5.41, 5.74) is 0.442. The zero-order valence-electron chi connectivity index (χ0n) is 15.5. The van der Waals surface area contributed by atoms with E-state index in [0.717, 1.165) is 0 Å². The van der Waals surface area contributed by atoms with Crippen LogP contribution in [0.2, 0.25) is 0 Å². The first-order valence-corrected chi connectivity index (χ1v) is 9.13. The van der Waals surface area contributed by atoms with Crippen LogP contribution in [0.5, 0.6) is 0 Å². The number of furan rings is 1. The fourth-order valence-corrected chi connectivity index (χ4v) is 3.72. The molecule has 0 aliphatic heterocycles. The summed E-state index contributed by atoms with van der Waals surface area (Å²) in [6, 6.07) is 8.87. The third-order valence-corrected chi connectivity index (χ3v) is 5.40. The molecule has 142 valence electrons. The van der Waals surface area contributed by atoms with E-state index in [9.17, 15) is 19.5 Å². The van der Waals surface area contributed by atoms with Gasteiger partial charge in [-0.25, -0.2) is 0 Å². The molecule has 0 fully saturated rings. The van der Waals surface area contributed by atoms with Gasteiger partial charge in [-0.05, 0) is 25.3 Å². The predicted molar refractivity (Wildman–Crippen MR) is 99.1 cm³/mol. The van der Waals surface area contributed by atoms with Crippen LogP contribution in [0, 0.1) is 6.92 Å². The van der Waals surface area contributed by atoms with E-state index in [2.05, 4.69) is 5.32 Å². The topological polar surface area (TPSA) is 96.6 Å². The summed E-state index contributed by atoms with van der Waals surface area (Å²) < 4.78 is 5.65. The average molecular weight is 369 g/mol. The Morgan fingerprint density at radius 2 is 1.93 bits per heavy atom. The highest BCUT2D eigenvalue weighted by Gasteiger charge is 2.39. The van der Waals surface area contributed by atoms with Gasteiger partial charge in [-0.1, -0.05) is 37.3 Å². The number of carboxylic acids is 1. The van der Waals surface area contributed by atoms with Gasteiger partial charge in [-0.2, -0.15) is 0 Å². The van der Waals surface area contributed by atoms with Crippen molar-refractivity contribution in [2.45, 2.75) is 44.9 Å². The highest BCUT2D eigenvalue weighted by atomic mass is 16.4. The Bertz CT molecular complexity index is 883. The SMILES string of the molecule is CCC(CNC(=O)c1oc2c(c1C)C(=O)CCC2)(C(=O)O)c1ccccc1. The lowest BCUT2D eigenvalue weighted by Crippen LogP contribution is -2.46. The van der Waals surface area contributed by atoms with E-state index in [1.165, 1.54) is 0 Å². The van der Waals surface area contributed by atoms with Crippen molar-refractivity contribution in [1.82, 2.24) is 5.32 Å². The Morgan fingerprint density at radius 1 is 1.22 bits per heavy atom. The molecule has 1 unspecified atom stereocenters. The number of benzene rings is 1. The molecule has 2 aromatic rings. The maximum absolute atomic E-state index is 12.7. The molecular weight excluding hydrogens is 346 g/mol. The van der Waals surface area contributed by atoms with Crippen LogP contribution >= 0.6 is 0 Å². The van der Waals surface area contributed by atoms with Gasteiger partial charge in [0.1, 0.15) is 11.2 Å². The summed E-state index contributed by atoms with van der Waals surface area (Å²) in [4.78, 5) is 36.9. The Labute approximate surface area is 157 Å². The Hall–Kier alpha value is -2.89. The third-order valence-electron chi connectivity index (χ3n) is 5.40. The van der Waals surface area contributed by atoms with Crippen molar-refractivity contribution in [2.24, 2.45) is 0 Å². The van der Waals surface area contributed by atoms with Gasteiger partial charge in [0.2, 0.25) is 0 Å². The smallest absolute Gasteiger partial charge is 0.315 e. The largest absolute Gasteiger partial charge is 0.481 e. The van der Waals surface area contributed by atoms with Gasteiger partial charge in [-0.15, -0.1) is 0 Å². The number of fused-ring (bicyclic) bond motifs is 1. The zero-order valence-corrected chi connectivity index (χ0v) is 15.5. The molecule has 0 bridgehead atoms. The molecular formula is C21H23NO5. The third kappa shape index (κ3) is 3.27. The van der Waals surface area contributed by atoms with Crippen molar-refractivity contribution in [3.05, 3.63) is 58.5 Å². The number of aryl methyl sites for hydroxylation is 1. The van der Waals surface area contributed by atoms with Crippen LogP contribution < -0.4 is 5.32 Å². The van der Waals surface area contributed by atoms with Crippen LogP contribution in [0.1, 0.15) is 64.0 Å². The van der Waals surface area contributed by atoms with Crippen molar-refractivity contribution in [2.75, 3.05) is 6.54 Å². The van der Waals surface area contributed by atoms with Gasteiger partial charge in [0.05, 0.1) is 5.56 Å². The fourth-order valence-electron chi connectivity index (χ4n) is 3.72. The minimum Gasteiger partial charge on any atom is -0.481 e. The number of carbonyl (C=O) groups excluding carboxylic acids is 2. The van der Waals surface area contributed by atoms with Gasteiger partial charge in [-0.3, -0.25) is 14.4 Å². The second-order valence-corrected chi connectivity index (χ2v) is 6.92. The summed E-state index contributed by atoms with van der Waals surface area (Å²) in [7, 11) is 0. The van der Waals surface area contributed by atoms with Crippen LogP contribution in [-0.4, -0.2) is 29.3 Å². The molecule has 0 spiro atoms. The van der Waals surface area contributed by atoms with E-state index < -0.39 is 17.3 Å². The Kier molecular flexibility index (Phi) is 5.17. The number of nitrogens with one attached hydrogen (secondary N) is 1. The number of Topliss-reactive ketones (excluding diaryl/α,β-unsaturated/α-hetero) is 1. The highest BCUT2D eigenvalue weighted by molar-refractivity contribution is 6.03. The van der Waals surface area contributed by atoms with Gasteiger partial charge in [0.25, 0.3) is 5.91 Å². The molecule has 6 heteroatoms. The van der Waals surface area contributed by atoms with E-state index in [-0.39, 0.29) is 18.1 Å². The van der Waals surface area contributed by atoms with Crippen LogP contribution in [0.25, 0.3) is 0 Å². The molecule has 1 aliphatic rings. The molecule has 0 saturated carbocycles. The molecule has 27 heavy (non-hydrogen) atoms. The average Bonchev–Trinajstić information content (AvgIpc) is 3.01. The fraction of sp³-hybridized carbons (Fsp3) is 0.381. The number of amides is 1. The summed E-state index contributed by atoms with van der Waals surface area (Å²) in [5, 5.41) is 12.6. The number of carboxylic acid groups (broad SMARTS) is 1. The van der Waals surface area contributed by atoms with Gasteiger partial charge in [0.15, 0.2) is 11.5 Å². The maximum atomic E-state index is 12.7. The summed E-state index contributed by atoms with van der Waals surface area (Å²) >= 11 is 0. The lowest BCUT2D eigenvalue weighted by atomic mass is 9.78. The van der Waals surface area contributed by atoms with E-state index in [0.29, 0.717) is 48.1 Å². The lowest BCUT2D eigenvalue weighted by molar-refractivity contribution is -0.143. The maximum Gasteiger partial charge on any atom is 0.315 e. The molecule has 1 aromatic heterocycles. The number of ketones is 1. The minimum absolute atomic E-state index is 0.00530. The number of hydrogen-bond acceptors (Lipinski definition) is 4. The molecule has 0 saturated heterocycles. The van der Waals surface area contributed by atoms with Crippen molar-refractivity contribution in [1.29, 1.82) is 0 Å². The minimum atomic E-state index is -1.23. The van der Waals surface area contributed by atoms with E-state index in [4.69, 9.17) is 4.42 Å².